The van der Waals surface area contributed by atoms with E-state index in [1.165, 1.54) is 30.3 Å². The summed E-state index contributed by atoms with van der Waals surface area (Å²) in [4.78, 5) is 0. The summed E-state index contributed by atoms with van der Waals surface area (Å²) in [6.07, 6.45) is 0. The van der Waals surface area contributed by atoms with Crippen LogP contribution in [0.2, 0.25) is 5.02 Å². The van der Waals surface area contributed by atoms with Crippen molar-refractivity contribution in [2.24, 2.45) is 0 Å². The summed E-state index contributed by atoms with van der Waals surface area (Å²) < 4.78 is 26.3. The monoisotopic (exact) mass is 278 g/mol. The summed E-state index contributed by atoms with van der Waals surface area (Å²) in [6, 6.07) is 10.2. The molecule has 19 heavy (non-hydrogen) atoms. The maximum absolute atomic E-state index is 13.2. The molecule has 0 spiro atoms. The van der Waals surface area contributed by atoms with Crippen molar-refractivity contribution in [1.82, 2.24) is 0 Å². The van der Waals surface area contributed by atoms with Gasteiger partial charge in [-0.05, 0) is 42.0 Å². The summed E-state index contributed by atoms with van der Waals surface area (Å²) in [5.74, 6) is -0.954. The molecule has 0 unspecified atom stereocenters. The fourth-order valence-electron chi connectivity index (χ4n) is 1.62. The van der Waals surface area contributed by atoms with Crippen molar-refractivity contribution in [2.45, 2.75) is 6.54 Å². The molecule has 0 bridgehead atoms. The molecule has 0 aliphatic carbocycles. The van der Waals surface area contributed by atoms with Crippen LogP contribution in [0.15, 0.2) is 36.4 Å². The number of halogens is 3. The van der Waals surface area contributed by atoms with E-state index in [-0.39, 0.29) is 11.6 Å². The maximum Gasteiger partial charge on any atom is 0.143 e. The molecule has 2 nitrogen and oxygen atoms in total. The zero-order chi connectivity index (χ0) is 13.8. The summed E-state index contributed by atoms with van der Waals surface area (Å²) in [5, 5.41) is 11.9. The SMILES string of the molecule is N#Cc1ccc(F)cc1CNc1ccc(Cl)c(F)c1. The third-order valence-electron chi connectivity index (χ3n) is 2.59. The first-order valence-electron chi connectivity index (χ1n) is 5.47. The van der Waals surface area contributed by atoms with Crippen LogP contribution in [0, 0.1) is 23.0 Å². The highest BCUT2D eigenvalue weighted by atomic mass is 35.5. The summed E-state index contributed by atoms with van der Waals surface area (Å²) in [7, 11) is 0. The molecular formula is C14H9ClF2N2. The Balaban J connectivity index is 2.16. The van der Waals surface area contributed by atoms with Crippen LogP contribution in [0.25, 0.3) is 0 Å². The molecule has 96 valence electrons. The van der Waals surface area contributed by atoms with Gasteiger partial charge in [0.25, 0.3) is 0 Å². The van der Waals surface area contributed by atoms with Crippen molar-refractivity contribution in [2.75, 3.05) is 5.32 Å². The van der Waals surface area contributed by atoms with Gasteiger partial charge in [-0.3, -0.25) is 0 Å². The van der Waals surface area contributed by atoms with Gasteiger partial charge in [-0.1, -0.05) is 11.6 Å². The highest BCUT2D eigenvalue weighted by Crippen LogP contribution is 2.20. The molecule has 0 atom stereocenters. The van der Waals surface area contributed by atoms with Crippen molar-refractivity contribution in [1.29, 1.82) is 5.26 Å². The first-order valence-corrected chi connectivity index (χ1v) is 5.85. The predicted octanol–water partition coefficient (Wildman–Crippen LogP) is 4.10. The van der Waals surface area contributed by atoms with E-state index < -0.39 is 11.6 Å². The Morgan fingerprint density at radius 2 is 1.95 bits per heavy atom. The molecule has 5 heteroatoms. The molecule has 0 aromatic heterocycles. The van der Waals surface area contributed by atoms with E-state index in [0.29, 0.717) is 16.8 Å². The van der Waals surface area contributed by atoms with Crippen molar-refractivity contribution in [3.05, 3.63) is 64.2 Å². The van der Waals surface area contributed by atoms with Crippen molar-refractivity contribution < 1.29 is 8.78 Å². The van der Waals surface area contributed by atoms with Gasteiger partial charge in [0.15, 0.2) is 0 Å². The van der Waals surface area contributed by atoms with E-state index in [9.17, 15) is 8.78 Å². The van der Waals surface area contributed by atoms with Gasteiger partial charge < -0.3 is 5.32 Å². The smallest absolute Gasteiger partial charge is 0.143 e. The fraction of sp³-hybridized carbons (Fsp3) is 0.0714. The molecule has 0 amide bonds. The first-order chi connectivity index (χ1) is 9.10. The van der Waals surface area contributed by atoms with Gasteiger partial charge in [-0.15, -0.1) is 0 Å². The van der Waals surface area contributed by atoms with Gasteiger partial charge in [0.1, 0.15) is 11.6 Å². The number of anilines is 1. The normalized spacial score (nSPS) is 10.0. The lowest BCUT2D eigenvalue weighted by Crippen LogP contribution is -2.02. The van der Waals surface area contributed by atoms with Crippen molar-refractivity contribution >= 4 is 17.3 Å². The van der Waals surface area contributed by atoms with E-state index >= 15 is 0 Å². The minimum absolute atomic E-state index is 0.0361. The first kappa shape index (κ1) is 13.3. The van der Waals surface area contributed by atoms with E-state index in [2.05, 4.69) is 5.32 Å². The Bertz CT molecular complexity index is 650. The Kier molecular flexibility index (Phi) is 3.98. The molecule has 0 fully saturated rings. The third-order valence-corrected chi connectivity index (χ3v) is 2.90. The maximum atomic E-state index is 13.2. The quantitative estimate of drug-likeness (QED) is 0.917. The summed E-state index contributed by atoms with van der Waals surface area (Å²) in [6.45, 7) is 0.224. The van der Waals surface area contributed by atoms with Crippen molar-refractivity contribution in [3.8, 4) is 6.07 Å². The van der Waals surface area contributed by atoms with Crippen LogP contribution >= 0.6 is 11.6 Å². The zero-order valence-corrected chi connectivity index (χ0v) is 10.5. The highest BCUT2D eigenvalue weighted by Gasteiger charge is 2.05. The molecule has 0 heterocycles. The molecule has 2 aromatic rings. The second-order valence-electron chi connectivity index (χ2n) is 3.90. The number of rotatable bonds is 3. The predicted molar refractivity (Wildman–Crippen MR) is 69.9 cm³/mol. The largest absolute Gasteiger partial charge is 0.381 e. The number of hydrogen-bond acceptors (Lipinski definition) is 2. The molecule has 0 radical (unpaired) electrons. The second kappa shape index (κ2) is 5.68. The molecule has 2 rings (SSSR count). The zero-order valence-electron chi connectivity index (χ0n) is 9.75. The third kappa shape index (κ3) is 3.21. The van der Waals surface area contributed by atoms with Gasteiger partial charge >= 0.3 is 0 Å². The van der Waals surface area contributed by atoms with Gasteiger partial charge in [0.05, 0.1) is 16.7 Å². The Hall–Kier alpha value is -2.12. The Morgan fingerprint density at radius 1 is 1.16 bits per heavy atom. The lowest BCUT2D eigenvalue weighted by Gasteiger charge is -2.08. The topological polar surface area (TPSA) is 35.8 Å². The van der Waals surface area contributed by atoms with E-state index in [1.807, 2.05) is 6.07 Å². The molecule has 0 aliphatic rings. The van der Waals surface area contributed by atoms with Crippen LogP contribution in [-0.4, -0.2) is 0 Å². The van der Waals surface area contributed by atoms with Gasteiger partial charge in [-0.2, -0.15) is 5.26 Å². The molecule has 0 saturated carbocycles. The van der Waals surface area contributed by atoms with E-state index in [0.717, 1.165) is 0 Å². The minimum Gasteiger partial charge on any atom is -0.381 e. The molecule has 2 aromatic carbocycles. The standard InChI is InChI=1S/C14H9ClF2N2/c15-13-4-3-12(6-14(13)17)19-8-10-5-11(16)2-1-9(10)7-18/h1-6,19H,8H2. The van der Waals surface area contributed by atoms with Crippen LogP contribution in [0.4, 0.5) is 14.5 Å². The number of nitrogens with zero attached hydrogens (tertiary/aromatic N) is 1. The van der Waals surface area contributed by atoms with Crippen LogP contribution < -0.4 is 5.32 Å². The second-order valence-corrected chi connectivity index (χ2v) is 4.30. The summed E-state index contributed by atoms with van der Waals surface area (Å²) in [5.41, 5.74) is 1.40. The number of nitriles is 1. The Morgan fingerprint density at radius 3 is 2.63 bits per heavy atom. The van der Waals surface area contributed by atoms with E-state index in [4.69, 9.17) is 16.9 Å². The molecular weight excluding hydrogens is 270 g/mol. The fourth-order valence-corrected chi connectivity index (χ4v) is 1.74. The van der Waals surface area contributed by atoms with Crippen LogP contribution in [0.5, 0.6) is 0 Å². The lowest BCUT2D eigenvalue weighted by atomic mass is 10.1. The van der Waals surface area contributed by atoms with Crippen LogP contribution in [0.1, 0.15) is 11.1 Å². The average molecular weight is 279 g/mol. The van der Waals surface area contributed by atoms with Gasteiger partial charge in [-0.25, -0.2) is 8.78 Å². The van der Waals surface area contributed by atoms with Gasteiger partial charge in [0.2, 0.25) is 0 Å². The van der Waals surface area contributed by atoms with Crippen LogP contribution in [0.3, 0.4) is 0 Å². The molecule has 1 N–H and O–H groups in total. The van der Waals surface area contributed by atoms with Crippen molar-refractivity contribution in [3.63, 3.8) is 0 Å². The Labute approximate surface area is 114 Å². The average Bonchev–Trinajstić information content (AvgIpc) is 2.40. The number of hydrogen-bond donors (Lipinski definition) is 1. The number of benzene rings is 2. The van der Waals surface area contributed by atoms with E-state index in [1.54, 1.807) is 6.07 Å². The highest BCUT2D eigenvalue weighted by molar-refractivity contribution is 6.30. The van der Waals surface area contributed by atoms with Crippen LogP contribution in [-0.2, 0) is 6.54 Å². The molecule has 0 saturated heterocycles. The molecule has 0 aliphatic heterocycles. The summed E-state index contributed by atoms with van der Waals surface area (Å²) >= 11 is 5.57. The van der Waals surface area contributed by atoms with Gasteiger partial charge in [0, 0.05) is 12.2 Å². The lowest BCUT2D eigenvalue weighted by molar-refractivity contribution is 0.625. The number of nitrogens with one attached hydrogen (secondary N) is 1. The minimum atomic E-state index is -0.536.